The highest BCUT2D eigenvalue weighted by Crippen LogP contribution is 2.47. The van der Waals surface area contributed by atoms with E-state index in [9.17, 15) is 0 Å². The number of nitrogens with one attached hydrogen (secondary N) is 1. The van der Waals surface area contributed by atoms with Gasteiger partial charge in [0.25, 0.3) is 0 Å². The fraction of sp³-hybridized carbons (Fsp3) is 0.789. The molecule has 1 N–H and O–H groups in total. The number of rotatable bonds is 3. The van der Waals surface area contributed by atoms with Gasteiger partial charge in [-0.05, 0) is 25.7 Å². The molecule has 1 aromatic rings. The second kappa shape index (κ2) is 7.66. The number of likely N-dealkylation sites (tertiary alicyclic amines) is 1. The fourth-order valence-electron chi connectivity index (χ4n) is 5.36. The molecule has 1 aromatic heterocycles. The molecule has 4 atom stereocenters. The molecule has 4 aliphatic heterocycles. The average Bonchev–Trinajstić information content (AvgIpc) is 3.39. The van der Waals surface area contributed by atoms with E-state index in [1.165, 1.54) is 37.2 Å². The number of hydrogen-bond acceptors (Lipinski definition) is 3. The van der Waals surface area contributed by atoms with Gasteiger partial charge in [-0.1, -0.05) is 0 Å². The van der Waals surface area contributed by atoms with Crippen molar-refractivity contribution in [3.8, 4) is 0 Å². The summed E-state index contributed by atoms with van der Waals surface area (Å²) in [7, 11) is 1.90. The van der Waals surface area contributed by atoms with Gasteiger partial charge in [-0.25, -0.2) is 4.98 Å². The van der Waals surface area contributed by atoms with Crippen LogP contribution in [0.1, 0.15) is 37.2 Å². The van der Waals surface area contributed by atoms with Gasteiger partial charge in [-0.15, -0.1) is 24.0 Å². The highest BCUT2D eigenvalue weighted by molar-refractivity contribution is 14.0. The number of ether oxygens (including phenoxy) is 1. The molecule has 4 unspecified atom stereocenters. The van der Waals surface area contributed by atoms with E-state index in [1.54, 1.807) is 0 Å². The van der Waals surface area contributed by atoms with Gasteiger partial charge >= 0.3 is 0 Å². The summed E-state index contributed by atoms with van der Waals surface area (Å²) in [6.45, 7) is 4.24. The zero-order valence-corrected chi connectivity index (χ0v) is 17.9. The molecule has 5 rings (SSSR count). The largest absolute Gasteiger partial charge is 0.374 e. The average molecular weight is 471 g/mol. The molecule has 3 fully saturated rings. The van der Waals surface area contributed by atoms with Crippen LogP contribution in [0.25, 0.3) is 0 Å². The van der Waals surface area contributed by atoms with Crippen LogP contribution in [0.2, 0.25) is 0 Å². The Hall–Kier alpha value is -0.830. The van der Waals surface area contributed by atoms with Crippen LogP contribution in [0.4, 0.5) is 0 Å². The van der Waals surface area contributed by atoms with Crippen LogP contribution in [0.5, 0.6) is 0 Å². The van der Waals surface area contributed by atoms with Crippen LogP contribution in [0.15, 0.2) is 11.2 Å². The fourth-order valence-corrected chi connectivity index (χ4v) is 5.36. The summed E-state index contributed by atoms with van der Waals surface area (Å²) in [5.74, 6) is 3.76. The minimum atomic E-state index is 0. The highest BCUT2D eigenvalue weighted by Gasteiger charge is 2.53. The number of fused-ring (bicyclic) bond motifs is 6. The predicted molar refractivity (Wildman–Crippen MR) is 112 cm³/mol. The molecular weight excluding hydrogens is 441 g/mol. The maximum absolute atomic E-state index is 6.08. The third kappa shape index (κ3) is 3.25. The van der Waals surface area contributed by atoms with E-state index in [2.05, 4.69) is 26.0 Å². The molecule has 2 bridgehead atoms. The SMILES string of the molecule is CN=C(NCCc1cn2c(n1)CCCC2)N1CC2C3CCC(O3)C2C1.I. The summed E-state index contributed by atoms with van der Waals surface area (Å²) in [5.41, 5.74) is 1.21. The van der Waals surface area contributed by atoms with Crippen molar-refractivity contribution >= 4 is 29.9 Å². The van der Waals surface area contributed by atoms with E-state index in [0.717, 1.165) is 56.8 Å². The molecular formula is C19H30IN5O. The van der Waals surface area contributed by atoms with E-state index in [-0.39, 0.29) is 24.0 Å². The molecule has 0 radical (unpaired) electrons. The summed E-state index contributed by atoms with van der Waals surface area (Å²) in [6, 6.07) is 0. The lowest BCUT2D eigenvalue weighted by molar-refractivity contribution is 0.0767. The Labute approximate surface area is 172 Å². The Morgan fingerprint density at radius 3 is 2.73 bits per heavy atom. The van der Waals surface area contributed by atoms with Crippen molar-refractivity contribution < 1.29 is 4.74 Å². The molecule has 0 spiro atoms. The second-order valence-corrected chi connectivity index (χ2v) is 8.05. The first-order valence-electron chi connectivity index (χ1n) is 9.98. The molecule has 0 aromatic carbocycles. The zero-order chi connectivity index (χ0) is 16.8. The molecule has 0 aliphatic carbocycles. The number of nitrogens with zero attached hydrogens (tertiary/aromatic N) is 4. The van der Waals surface area contributed by atoms with Crippen molar-refractivity contribution in [2.75, 3.05) is 26.7 Å². The van der Waals surface area contributed by atoms with Gasteiger partial charge in [0.15, 0.2) is 5.96 Å². The number of guanidine groups is 1. The molecule has 144 valence electrons. The van der Waals surface area contributed by atoms with Crippen molar-refractivity contribution in [3.63, 3.8) is 0 Å². The number of aryl methyl sites for hydroxylation is 2. The molecule has 6 nitrogen and oxygen atoms in total. The minimum absolute atomic E-state index is 0. The molecule has 5 heterocycles. The maximum atomic E-state index is 6.08. The summed E-state index contributed by atoms with van der Waals surface area (Å²) in [4.78, 5) is 11.8. The van der Waals surface area contributed by atoms with Crippen LogP contribution in [0, 0.1) is 11.8 Å². The number of imidazole rings is 1. The molecule has 7 heteroatoms. The van der Waals surface area contributed by atoms with Crippen LogP contribution < -0.4 is 5.32 Å². The van der Waals surface area contributed by atoms with Crippen molar-refractivity contribution in [2.45, 2.75) is 57.3 Å². The topological polar surface area (TPSA) is 54.7 Å². The van der Waals surface area contributed by atoms with Gasteiger partial charge < -0.3 is 19.5 Å². The third-order valence-corrected chi connectivity index (χ3v) is 6.59. The normalized spacial score (nSPS) is 32.3. The highest BCUT2D eigenvalue weighted by atomic mass is 127. The lowest BCUT2D eigenvalue weighted by Crippen LogP contribution is -2.42. The predicted octanol–water partition coefficient (Wildman–Crippen LogP) is 2.06. The zero-order valence-electron chi connectivity index (χ0n) is 15.6. The van der Waals surface area contributed by atoms with Gasteiger partial charge in [-0.2, -0.15) is 0 Å². The van der Waals surface area contributed by atoms with Crippen LogP contribution in [-0.2, 0) is 24.1 Å². The Balaban J connectivity index is 0.00000168. The number of hydrogen-bond donors (Lipinski definition) is 1. The van der Waals surface area contributed by atoms with Crippen molar-refractivity contribution in [3.05, 3.63) is 17.7 Å². The van der Waals surface area contributed by atoms with Crippen molar-refractivity contribution in [1.82, 2.24) is 19.8 Å². The molecule has 0 saturated carbocycles. The van der Waals surface area contributed by atoms with Crippen LogP contribution in [0.3, 0.4) is 0 Å². The van der Waals surface area contributed by atoms with Gasteiger partial charge in [0.05, 0.1) is 17.9 Å². The van der Waals surface area contributed by atoms with Crippen molar-refractivity contribution in [2.24, 2.45) is 16.8 Å². The third-order valence-electron chi connectivity index (χ3n) is 6.59. The molecule has 4 aliphatic rings. The first kappa shape index (κ1) is 18.5. The van der Waals surface area contributed by atoms with Gasteiger partial charge in [0, 0.05) is 64.1 Å². The van der Waals surface area contributed by atoms with E-state index in [4.69, 9.17) is 9.72 Å². The quantitative estimate of drug-likeness (QED) is 0.417. The van der Waals surface area contributed by atoms with Crippen molar-refractivity contribution in [1.29, 1.82) is 0 Å². The van der Waals surface area contributed by atoms with Gasteiger partial charge in [0.1, 0.15) is 5.82 Å². The second-order valence-electron chi connectivity index (χ2n) is 8.05. The lowest BCUT2D eigenvalue weighted by Gasteiger charge is -2.23. The van der Waals surface area contributed by atoms with Gasteiger partial charge in [0.2, 0.25) is 0 Å². The summed E-state index contributed by atoms with van der Waals surface area (Å²) in [6.07, 6.45) is 10.5. The lowest BCUT2D eigenvalue weighted by atomic mass is 9.82. The molecule has 3 saturated heterocycles. The summed E-state index contributed by atoms with van der Waals surface area (Å²) >= 11 is 0. The van der Waals surface area contributed by atoms with E-state index >= 15 is 0 Å². The molecule has 26 heavy (non-hydrogen) atoms. The van der Waals surface area contributed by atoms with E-state index in [1.807, 2.05) is 7.05 Å². The Morgan fingerprint density at radius 1 is 1.27 bits per heavy atom. The summed E-state index contributed by atoms with van der Waals surface area (Å²) < 4.78 is 8.42. The van der Waals surface area contributed by atoms with E-state index < -0.39 is 0 Å². The number of aromatic nitrogens is 2. The summed E-state index contributed by atoms with van der Waals surface area (Å²) in [5, 5.41) is 3.57. The van der Waals surface area contributed by atoms with E-state index in [0.29, 0.717) is 12.2 Å². The minimum Gasteiger partial charge on any atom is -0.374 e. The first-order valence-corrected chi connectivity index (χ1v) is 9.98. The van der Waals surface area contributed by atoms with Crippen LogP contribution >= 0.6 is 24.0 Å². The molecule has 0 amide bonds. The number of halogens is 1. The first-order chi connectivity index (χ1) is 12.3. The monoisotopic (exact) mass is 471 g/mol. The smallest absolute Gasteiger partial charge is 0.193 e. The van der Waals surface area contributed by atoms with Gasteiger partial charge in [-0.3, -0.25) is 4.99 Å². The Bertz CT molecular complexity index is 633. The number of aliphatic imine (C=N–C) groups is 1. The maximum Gasteiger partial charge on any atom is 0.193 e. The Kier molecular flexibility index (Phi) is 5.46. The van der Waals surface area contributed by atoms with Crippen LogP contribution in [-0.4, -0.2) is 59.3 Å². The Morgan fingerprint density at radius 2 is 2.04 bits per heavy atom. The standard InChI is InChI=1S/C19H29N5O.HI/c1-20-19(24-11-14-15(12-24)17-6-5-16(14)25-17)21-8-7-13-10-23-9-3-2-4-18(23)22-13;/h10,14-17H,2-9,11-12H2,1H3,(H,20,21);1H.